The molecule has 4 nitrogen and oxygen atoms in total. The fraction of sp³-hybridized carbons (Fsp3) is 1.00. The molecule has 4 heteroatoms. The lowest BCUT2D eigenvalue weighted by Gasteiger charge is -2.51. The zero-order chi connectivity index (χ0) is 13.1. The molecule has 1 saturated heterocycles. The molecule has 17 heavy (non-hydrogen) atoms. The van der Waals surface area contributed by atoms with Crippen LogP contribution >= 0.6 is 0 Å². The number of hydrogen-bond acceptors (Lipinski definition) is 4. The van der Waals surface area contributed by atoms with Crippen LogP contribution in [0, 0.1) is 5.92 Å². The summed E-state index contributed by atoms with van der Waals surface area (Å²) in [6.45, 7) is 11.8. The Kier molecular flexibility index (Phi) is 5.38. The predicted octanol–water partition coefficient (Wildman–Crippen LogP) is 1.10. The van der Waals surface area contributed by atoms with Crippen LogP contribution in [0.4, 0.5) is 0 Å². The van der Waals surface area contributed by atoms with E-state index < -0.39 is 0 Å². The standard InChI is InChI=1S/C13H28N2O2/c1-10(2)13(8-14,9-16-5)15-6-12(4)17-7-11(15)3/h10-12H,6-9,14H2,1-5H3. The zero-order valence-electron chi connectivity index (χ0n) is 11.9. The van der Waals surface area contributed by atoms with Crippen molar-refractivity contribution in [3.63, 3.8) is 0 Å². The number of ether oxygens (including phenoxy) is 2. The summed E-state index contributed by atoms with van der Waals surface area (Å²) in [6, 6.07) is 0.396. The van der Waals surface area contributed by atoms with Gasteiger partial charge in [0.25, 0.3) is 0 Å². The normalized spacial score (nSPS) is 30.5. The SMILES string of the molecule is COCC(CN)(C(C)C)N1CC(C)OCC1C. The number of nitrogens with zero attached hydrogens (tertiary/aromatic N) is 1. The Hall–Kier alpha value is -0.160. The van der Waals surface area contributed by atoms with Crippen molar-refractivity contribution in [2.24, 2.45) is 11.7 Å². The largest absolute Gasteiger partial charge is 0.383 e. The van der Waals surface area contributed by atoms with E-state index in [1.807, 2.05) is 0 Å². The van der Waals surface area contributed by atoms with Crippen LogP contribution in [0.25, 0.3) is 0 Å². The molecular weight excluding hydrogens is 216 g/mol. The minimum Gasteiger partial charge on any atom is -0.383 e. The van der Waals surface area contributed by atoms with Gasteiger partial charge in [0.15, 0.2) is 0 Å². The lowest BCUT2D eigenvalue weighted by Crippen LogP contribution is -2.66. The molecule has 0 aromatic rings. The molecule has 0 aliphatic carbocycles. The van der Waals surface area contributed by atoms with E-state index in [9.17, 15) is 0 Å². The van der Waals surface area contributed by atoms with E-state index in [1.165, 1.54) is 0 Å². The molecule has 3 atom stereocenters. The minimum absolute atomic E-state index is 0.0772. The minimum atomic E-state index is -0.0772. The van der Waals surface area contributed by atoms with Gasteiger partial charge in [-0.25, -0.2) is 0 Å². The highest BCUT2D eigenvalue weighted by molar-refractivity contribution is 4.98. The summed E-state index contributed by atoms with van der Waals surface area (Å²) < 4.78 is 11.1. The molecule has 0 spiro atoms. The number of rotatable bonds is 5. The molecule has 1 rings (SSSR count). The summed E-state index contributed by atoms with van der Waals surface area (Å²) in [5, 5.41) is 0. The van der Waals surface area contributed by atoms with Gasteiger partial charge in [-0.3, -0.25) is 4.90 Å². The van der Waals surface area contributed by atoms with Gasteiger partial charge < -0.3 is 15.2 Å². The summed E-state index contributed by atoms with van der Waals surface area (Å²) >= 11 is 0. The van der Waals surface area contributed by atoms with Crippen molar-refractivity contribution in [2.45, 2.75) is 45.4 Å². The molecule has 0 radical (unpaired) electrons. The molecule has 0 amide bonds. The molecule has 0 aromatic heterocycles. The van der Waals surface area contributed by atoms with Gasteiger partial charge in [0, 0.05) is 26.2 Å². The van der Waals surface area contributed by atoms with Gasteiger partial charge in [-0.05, 0) is 19.8 Å². The third-order valence-electron chi connectivity index (χ3n) is 4.00. The predicted molar refractivity (Wildman–Crippen MR) is 70.1 cm³/mol. The maximum absolute atomic E-state index is 6.07. The highest BCUT2D eigenvalue weighted by atomic mass is 16.5. The van der Waals surface area contributed by atoms with Crippen molar-refractivity contribution >= 4 is 0 Å². The second-order valence-corrected chi connectivity index (χ2v) is 5.54. The summed E-state index contributed by atoms with van der Waals surface area (Å²) in [5.41, 5.74) is 5.99. The molecule has 3 unspecified atom stereocenters. The van der Waals surface area contributed by atoms with E-state index in [0.29, 0.717) is 25.1 Å². The Morgan fingerprint density at radius 2 is 2.12 bits per heavy atom. The van der Waals surface area contributed by atoms with Gasteiger partial charge in [-0.15, -0.1) is 0 Å². The number of nitrogens with two attached hydrogens (primary N) is 1. The van der Waals surface area contributed by atoms with Gasteiger partial charge in [-0.1, -0.05) is 13.8 Å². The molecule has 1 aliphatic rings. The Morgan fingerprint density at radius 3 is 2.59 bits per heavy atom. The number of morpholine rings is 1. The average Bonchev–Trinajstić information content (AvgIpc) is 2.29. The van der Waals surface area contributed by atoms with Gasteiger partial charge in [-0.2, -0.15) is 0 Å². The fourth-order valence-electron chi connectivity index (χ4n) is 2.77. The maximum Gasteiger partial charge on any atom is 0.0675 e. The van der Waals surface area contributed by atoms with Crippen LogP contribution in [-0.2, 0) is 9.47 Å². The van der Waals surface area contributed by atoms with Crippen LogP contribution in [0.15, 0.2) is 0 Å². The van der Waals surface area contributed by atoms with Crippen molar-refractivity contribution in [1.29, 1.82) is 0 Å². The lowest BCUT2D eigenvalue weighted by molar-refractivity contribution is -0.122. The van der Waals surface area contributed by atoms with Crippen molar-refractivity contribution in [1.82, 2.24) is 4.90 Å². The highest BCUT2D eigenvalue weighted by Crippen LogP contribution is 2.29. The number of hydrogen-bond donors (Lipinski definition) is 1. The molecule has 1 heterocycles. The lowest BCUT2D eigenvalue weighted by atomic mass is 9.83. The van der Waals surface area contributed by atoms with E-state index in [-0.39, 0.29) is 11.6 Å². The van der Waals surface area contributed by atoms with Gasteiger partial charge in [0.1, 0.15) is 0 Å². The Morgan fingerprint density at radius 1 is 1.47 bits per heavy atom. The van der Waals surface area contributed by atoms with Gasteiger partial charge >= 0.3 is 0 Å². The first-order valence-corrected chi connectivity index (χ1v) is 6.55. The number of methoxy groups -OCH3 is 1. The van der Waals surface area contributed by atoms with Crippen LogP contribution in [0.3, 0.4) is 0 Å². The van der Waals surface area contributed by atoms with Crippen LogP contribution in [-0.4, -0.2) is 56.0 Å². The molecule has 0 saturated carbocycles. The van der Waals surface area contributed by atoms with Crippen LogP contribution in [0.1, 0.15) is 27.7 Å². The Labute approximate surface area is 105 Å². The third kappa shape index (κ3) is 2.99. The smallest absolute Gasteiger partial charge is 0.0675 e. The van der Waals surface area contributed by atoms with Crippen molar-refractivity contribution in [2.75, 3.05) is 33.4 Å². The first-order valence-electron chi connectivity index (χ1n) is 6.55. The third-order valence-corrected chi connectivity index (χ3v) is 4.00. The fourth-order valence-corrected chi connectivity index (χ4v) is 2.77. The van der Waals surface area contributed by atoms with Crippen molar-refractivity contribution in [3.8, 4) is 0 Å². The van der Waals surface area contributed by atoms with Gasteiger partial charge in [0.2, 0.25) is 0 Å². The summed E-state index contributed by atoms with van der Waals surface area (Å²) in [6.07, 6.45) is 0.271. The molecule has 0 aromatic carbocycles. The van der Waals surface area contributed by atoms with Crippen LogP contribution in [0.5, 0.6) is 0 Å². The molecule has 0 bridgehead atoms. The molecule has 102 valence electrons. The average molecular weight is 244 g/mol. The van der Waals surface area contributed by atoms with E-state index in [1.54, 1.807) is 7.11 Å². The maximum atomic E-state index is 6.07. The van der Waals surface area contributed by atoms with Crippen molar-refractivity contribution in [3.05, 3.63) is 0 Å². The van der Waals surface area contributed by atoms with Gasteiger partial charge in [0.05, 0.1) is 24.9 Å². The van der Waals surface area contributed by atoms with Crippen LogP contribution < -0.4 is 5.73 Å². The molecular formula is C13H28N2O2. The van der Waals surface area contributed by atoms with E-state index in [2.05, 4.69) is 32.6 Å². The van der Waals surface area contributed by atoms with E-state index in [4.69, 9.17) is 15.2 Å². The Bertz CT molecular complexity index is 235. The summed E-state index contributed by atoms with van der Waals surface area (Å²) in [4.78, 5) is 2.48. The molecule has 1 aliphatic heterocycles. The molecule has 1 fully saturated rings. The second-order valence-electron chi connectivity index (χ2n) is 5.54. The first kappa shape index (κ1) is 14.9. The molecule has 2 N–H and O–H groups in total. The van der Waals surface area contributed by atoms with Crippen LogP contribution in [0.2, 0.25) is 0 Å². The Balaban J connectivity index is 2.94. The zero-order valence-corrected chi connectivity index (χ0v) is 11.9. The highest BCUT2D eigenvalue weighted by Gasteiger charge is 2.43. The van der Waals surface area contributed by atoms with E-state index >= 15 is 0 Å². The monoisotopic (exact) mass is 244 g/mol. The summed E-state index contributed by atoms with van der Waals surface area (Å²) in [7, 11) is 1.75. The second kappa shape index (κ2) is 6.14. The van der Waals surface area contributed by atoms with E-state index in [0.717, 1.165) is 13.2 Å². The summed E-state index contributed by atoms with van der Waals surface area (Å²) in [5.74, 6) is 0.459. The topological polar surface area (TPSA) is 47.7 Å². The van der Waals surface area contributed by atoms with Crippen molar-refractivity contribution < 1.29 is 9.47 Å². The quantitative estimate of drug-likeness (QED) is 0.786. The first-order chi connectivity index (χ1) is 7.97.